The molecule has 1 fully saturated rings. The first-order valence-corrected chi connectivity index (χ1v) is 4.79. The Balaban J connectivity index is 0. The largest absolute Gasteiger partial charge is 0.314 e. The molecule has 1 aliphatic heterocycles. The van der Waals surface area contributed by atoms with E-state index in [9.17, 15) is 0 Å². The Morgan fingerprint density at radius 1 is 1.25 bits per heavy atom. The first-order chi connectivity index (χ1) is 6.38. The third kappa shape index (κ3) is 4.62. The molecule has 0 saturated carbocycles. The van der Waals surface area contributed by atoms with Crippen LogP contribution in [0.5, 0.6) is 0 Å². The molecule has 0 aliphatic carbocycles. The van der Waals surface area contributed by atoms with Crippen molar-refractivity contribution >= 4 is 48.8 Å². The van der Waals surface area contributed by atoms with E-state index in [1.54, 1.807) is 6.20 Å². The third-order valence-corrected chi connectivity index (χ3v) is 2.56. The van der Waals surface area contributed by atoms with Gasteiger partial charge in [-0.15, -0.1) is 37.2 Å². The van der Waals surface area contributed by atoms with E-state index in [4.69, 9.17) is 11.6 Å². The van der Waals surface area contributed by atoms with Crippen LogP contribution >= 0.6 is 48.8 Å². The van der Waals surface area contributed by atoms with Crippen molar-refractivity contribution in [3.05, 3.63) is 29.0 Å². The summed E-state index contributed by atoms with van der Waals surface area (Å²) >= 11 is 6.05. The first kappa shape index (κ1) is 18.6. The molecule has 2 heterocycles. The summed E-state index contributed by atoms with van der Waals surface area (Å²) in [4.78, 5) is 4.07. The van der Waals surface area contributed by atoms with Gasteiger partial charge in [-0.05, 0) is 6.07 Å². The van der Waals surface area contributed by atoms with Crippen molar-refractivity contribution < 1.29 is 0 Å². The minimum Gasteiger partial charge on any atom is -0.314 e. The summed E-state index contributed by atoms with van der Waals surface area (Å²) in [6.07, 6.45) is 3.54. The first-order valence-electron chi connectivity index (χ1n) is 4.41. The molecule has 1 atom stereocenters. The minimum atomic E-state index is 0. The van der Waals surface area contributed by atoms with E-state index in [0.717, 1.165) is 30.2 Å². The average molecular weight is 307 g/mol. The van der Waals surface area contributed by atoms with Crippen LogP contribution in [0, 0.1) is 0 Å². The van der Waals surface area contributed by atoms with Gasteiger partial charge in [0, 0.05) is 48.7 Å². The maximum atomic E-state index is 6.05. The number of nitrogens with zero attached hydrogens (tertiary/aromatic N) is 1. The second-order valence-corrected chi connectivity index (χ2v) is 3.52. The summed E-state index contributed by atoms with van der Waals surface area (Å²) in [6.45, 7) is 2.93. The molecule has 3 nitrogen and oxygen atoms in total. The Morgan fingerprint density at radius 2 is 2.00 bits per heavy atom. The second-order valence-electron chi connectivity index (χ2n) is 3.11. The lowest BCUT2D eigenvalue weighted by atomic mass is 10.1. The normalized spacial score (nSPS) is 18.7. The summed E-state index contributed by atoms with van der Waals surface area (Å²) in [6, 6.07) is 2.13. The molecule has 2 N–H and O–H groups in total. The van der Waals surface area contributed by atoms with Gasteiger partial charge in [0.2, 0.25) is 0 Å². The van der Waals surface area contributed by atoms with Crippen LogP contribution in [-0.4, -0.2) is 24.6 Å². The quantitative estimate of drug-likeness (QED) is 0.835. The van der Waals surface area contributed by atoms with Crippen LogP contribution < -0.4 is 10.6 Å². The smallest absolute Gasteiger partial charge is 0.0485 e. The molecule has 2 rings (SSSR count). The van der Waals surface area contributed by atoms with E-state index in [1.807, 2.05) is 12.3 Å². The molecule has 1 saturated heterocycles. The number of rotatable bonds is 1. The van der Waals surface area contributed by atoms with Gasteiger partial charge in [0.1, 0.15) is 0 Å². The molecular weight excluding hydrogens is 292 g/mol. The summed E-state index contributed by atoms with van der Waals surface area (Å²) in [7, 11) is 0. The zero-order valence-corrected chi connectivity index (χ0v) is 11.7. The molecule has 7 heteroatoms. The van der Waals surface area contributed by atoms with Gasteiger partial charge in [0.25, 0.3) is 0 Å². The highest BCUT2D eigenvalue weighted by Crippen LogP contribution is 2.21. The number of hydrogen-bond donors (Lipinski definition) is 2. The van der Waals surface area contributed by atoms with Crippen molar-refractivity contribution in [2.24, 2.45) is 0 Å². The van der Waals surface area contributed by atoms with E-state index >= 15 is 0 Å². The van der Waals surface area contributed by atoms with Crippen LogP contribution in [0.2, 0.25) is 5.02 Å². The molecule has 0 amide bonds. The van der Waals surface area contributed by atoms with Crippen LogP contribution in [-0.2, 0) is 0 Å². The summed E-state index contributed by atoms with van der Waals surface area (Å²) < 4.78 is 0. The lowest BCUT2D eigenvalue weighted by Crippen LogP contribution is -2.42. The summed E-state index contributed by atoms with van der Waals surface area (Å²) in [5.74, 6) is 0. The summed E-state index contributed by atoms with van der Waals surface area (Å²) in [5.41, 5.74) is 1.08. The number of halogens is 4. The van der Waals surface area contributed by atoms with Gasteiger partial charge in [-0.1, -0.05) is 11.6 Å². The van der Waals surface area contributed by atoms with Gasteiger partial charge in [-0.25, -0.2) is 0 Å². The zero-order chi connectivity index (χ0) is 9.10. The number of hydrogen-bond acceptors (Lipinski definition) is 3. The van der Waals surface area contributed by atoms with Crippen molar-refractivity contribution in [1.29, 1.82) is 0 Å². The molecule has 0 bridgehead atoms. The molecule has 0 aromatic carbocycles. The summed E-state index contributed by atoms with van der Waals surface area (Å²) in [5, 5.41) is 7.49. The maximum Gasteiger partial charge on any atom is 0.0485 e. The SMILES string of the molecule is Cl.Cl.Cl.Clc1ccncc1C1CNCCN1. The van der Waals surface area contributed by atoms with Crippen molar-refractivity contribution in [2.45, 2.75) is 6.04 Å². The van der Waals surface area contributed by atoms with E-state index in [-0.39, 0.29) is 37.2 Å². The second kappa shape index (κ2) is 9.28. The predicted octanol–water partition coefficient (Wildman–Crippen LogP) is 2.23. The molecule has 0 radical (unpaired) electrons. The van der Waals surface area contributed by atoms with Gasteiger partial charge in [-0.2, -0.15) is 0 Å². The average Bonchev–Trinajstić information content (AvgIpc) is 2.20. The third-order valence-electron chi connectivity index (χ3n) is 2.21. The fourth-order valence-electron chi connectivity index (χ4n) is 1.52. The Bertz CT molecular complexity index is 292. The van der Waals surface area contributed by atoms with Crippen molar-refractivity contribution in [3.8, 4) is 0 Å². The molecule has 0 spiro atoms. The Morgan fingerprint density at radius 3 is 2.56 bits per heavy atom. The number of piperazine rings is 1. The number of aromatic nitrogens is 1. The van der Waals surface area contributed by atoms with Crippen LogP contribution in [0.1, 0.15) is 11.6 Å². The molecule has 94 valence electrons. The lowest BCUT2D eigenvalue weighted by molar-refractivity contribution is 0.429. The van der Waals surface area contributed by atoms with Crippen LogP contribution in [0.15, 0.2) is 18.5 Å². The van der Waals surface area contributed by atoms with Crippen LogP contribution in [0.3, 0.4) is 0 Å². The fraction of sp³-hybridized carbons (Fsp3) is 0.444. The van der Waals surface area contributed by atoms with Gasteiger partial charge < -0.3 is 10.6 Å². The van der Waals surface area contributed by atoms with Gasteiger partial charge in [0.15, 0.2) is 0 Å². The van der Waals surface area contributed by atoms with Crippen molar-refractivity contribution in [3.63, 3.8) is 0 Å². The van der Waals surface area contributed by atoms with E-state index in [0.29, 0.717) is 6.04 Å². The molecule has 1 unspecified atom stereocenters. The van der Waals surface area contributed by atoms with E-state index < -0.39 is 0 Å². The number of nitrogens with one attached hydrogen (secondary N) is 2. The van der Waals surface area contributed by atoms with Crippen LogP contribution in [0.25, 0.3) is 0 Å². The molecular formula is C9H15Cl4N3. The standard InChI is InChI=1S/C9H12ClN3.3ClH/c10-8-1-2-11-5-7(8)9-6-12-3-4-13-9;;;/h1-2,5,9,12-13H,3-4,6H2;3*1H. The minimum absolute atomic E-state index is 0. The maximum absolute atomic E-state index is 6.05. The zero-order valence-electron chi connectivity index (χ0n) is 8.48. The highest BCUT2D eigenvalue weighted by Gasteiger charge is 2.16. The van der Waals surface area contributed by atoms with E-state index in [2.05, 4.69) is 15.6 Å². The Kier molecular flexibility index (Phi) is 10.8. The van der Waals surface area contributed by atoms with Gasteiger partial charge in [0.05, 0.1) is 0 Å². The predicted molar refractivity (Wildman–Crippen MR) is 74.6 cm³/mol. The highest BCUT2D eigenvalue weighted by atomic mass is 35.5. The highest BCUT2D eigenvalue weighted by molar-refractivity contribution is 6.31. The number of pyridine rings is 1. The molecule has 16 heavy (non-hydrogen) atoms. The lowest BCUT2D eigenvalue weighted by Gasteiger charge is -2.25. The van der Waals surface area contributed by atoms with Crippen molar-refractivity contribution in [2.75, 3.05) is 19.6 Å². The van der Waals surface area contributed by atoms with Gasteiger partial charge >= 0.3 is 0 Å². The molecule has 1 aliphatic rings. The Hall–Kier alpha value is 0.230. The van der Waals surface area contributed by atoms with Gasteiger partial charge in [-0.3, -0.25) is 4.98 Å². The van der Waals surface area contributed by atoms with Crippen molar-refractivity contribution in [1.82, 2.24) is 15.6 Å². The topological polar surface area (TPSA) is 37.0 Å². The Labute approximate surface area is 119 Å². The van der Waals surface area contributed by atoms with Crippen LogP contribution in [0.4, 0.5) is 0 Å². The fourth-order valence-corrected chi connectivity index (χ4v) is 1.76. The monoisotopic (exact) mass is 305 g/mol. The van der Waals surface area contributed by atoms with E-state index in [1.165, 1.54) is 0 Å². The molecule has 1 aromatic heterocycles. The molecule has 1 aromatic rings.